The van der Waals surface area contributed by atoms with Crippen LogP contribution < -0.4 is 31.2 Å². The van der Waals surface area contributed by atoms with Crippen molar-refractivity contribution in [1.82, 2.24) is 69.5 Å². The van der Waals surface area contributed by atoms with E-state index in [1.54, 1.807) is 50.3 Å². The van der Waals surface area contributed by atoms with Crippen molar-refractivity contribution in [2.24, 2.45) is 5.73 Å². The van der Waals surface area contributed by atoms with Crippen LogP contribution in [0.15, 0.2) is 48.6 Å². The molecule has 4 amide bonds. The van der Waals surface area contributed by atoms with Crippen LogP contribution >= 0.6 is 0 Å². The Kier molecular flexibility index (Phi) is 13.5. The summed E-state index contributed by atoms with van der Waals surface area (Å²) in [4.78, 5) is 67.3. The van der Waals surface area contributed by atoms with Gasteiger partial charge in [0.25, 0.3) is 17.7 Å². The van der Waals surface area contributed by atoms with Gasteiger partial charge in [0, 0.05) is 62.4 Å². The van der Waals surface area contributed by atoms with Crippen molar-refractivity contribution in [3.63, 3.8) is 0 Å². The molecule has 2 aliphatic heterocycles. The van der Waals surface area contributed by atoms with E-state index in [0.717, 1.165) is 25.7 Å². The molecule has 0 radical (unpaired) electrons. The SMILES string of the molecule is CCn1nc(C)cc1C(=O)Nc1nc2cc(C(N)=O)cc3c2n1C/C=C/Cn1c(NC(=O)c2cc(C)nn2CC)nc2cc(C(=O)NC4CCC(c5nn[nH]n5)CC4)cc(c21)OCC(N1CCOCC1)CO3. The van der Waals surface area contributed by atoms with E-state index in [1.165, 1.54) is 0 Å². The molecule has 2 fully saturated rings. The second-order valence-corrected chi connectivity index (χ2v) is 18.2. The van der Waals surface area contributed by atoms with Gasteiger partial charge in [0.15, 0.2) is 5.82 Å². The fraction of sp³-hybridized carbons (Fsp3) is 0.438. The predicted molar refractivity (Wildman–Crippen MR) is 262 cm³/mol. The Balaban J connectivity index is 1.06. The van der Waals surface area contributed by atoms with Gasteiger partial charge in [0.2, 0.25) is 17.8 Å². The molecule has 1 atom stereocenters. The largest absolute Gasteiger partial charge is 0.490 e. The lowest BCUT2D eigenvalue weighted by molar-refractivity contribution is -0.00548. The van der Waals surface area contributed by atoms with Gasteiger partial charge in [0.1, 0.15) is 47.1 Å². The van der Waals surface area contributed by atoms with E-state index in [4.69, 9.17) is 29.9 Å². The number of H-pyrrole nitrogens is 1. The maximum Gasteiger partial charge on any atom is 0.276 e. The van der Waals surface area contributed by atoms with Crippen molar-refractivity contribution >= 4 is 57.6 Å². The minimum Gasteiger partial charge on any atom is -0.490 e. The van der Waals surface area contributed by atoms with Gasteiger partial charge in [-0.15, -0.1) is 10.2 Å². The fourth-order valence-corrected chi connectivity index (χ4v) is 9.81. The molecular formula is C48H57N17O7. The third kappa shape index (κ3) is 9.73. The number of amides is 4. The molecule has 1 saturated carbocycles. The molecule has 1 unspecified atom stereocenters. The highest BCUT2D eigenvalue weighted by molar-refractivity contribution is 6.05. The van der Waals surface area contributed by atoms with Crippen LogP contribution in [0.1, 0.15) is 104 Å². The molecule has 24 heteroatoms. The van der Waals surface area contributed by atoms with Crippen LogP contribution in [0.25, 0.3) is 22.1 Å². The van der Waals surface area contributed by atoms with Crippen LogP contribution in [0, 0.1) is 13.8 Å². The van der Waals surface area contributed by atoms with Crippen molar-refractivity contribution in [3.8, 4) is 11.5 Å². The number of nitrogens with two attached hydrogens (primary N) is 1. The van der Waals surface area contributed by atoms with Gasteiger partial charge < -0.3 is 34.4 Å². The van der Waals surface area contributed by atoms with E-state index >= 15 is 0 Å². The highest BCUT2D eigenvalue weighted by Crippen LogP contribution is 2.35. The average molecular weight is 984 g/mol. The first-order chi connectivity index (χ1) is 34.9. The number of hydrogen-bond acceptors (Lipinski definition) is 15. The van der Waals surface area contributed by atoms with Gasteiger partial charge in [-0.3, -0.25) is 44.1 Å². The van der Waals surface area contributed by atoms with Crippen molar-refractivity contribution in [1.29, 1.82) is 0 Å². The summed E-state index contributed by atoms with van der Waals surface area (Å²) < 4.78 is 26.3. The fourth-order valence-electron chi connectivity index (χ4n) is 9.81. The van der Waals surface area contributed by atoms with E-state index < -0.39 is 23.8 Å². The standard InChI is InChI=1S/C48H57N17O7/c1-5-64-36(19-27(3)57-64)45(68)53-47-51-34-21-30(42(49)66)23-38-40(34)62(47)13-7-8-14-63-41-35(52-48(63)54-46(69)37-20-28(4)58-65(37)6-2)22-31(24-39(41)72-26-33(25-71-38)61-15-17-70-18-16-61)44(67)50-32-11-9-29(10-12-32)43-55-59-60-56-43/h7-8,19-24,29,32-33H,5-6,9-18,25-26H2,1-4H3,(H2,49,66)(H,50,67)(H,51,53,68)(H,52,54,69)(H,55,56,59,60)/b8-7+. The number of tetrazole rings is 1. The zero-order valence-electron chi connectivity index (χ0n) is 40.6. The number of morpholine rings is 1. The Morgan fingerprint density at radius 2 is 1.26 bits per heavy atom. The minimum atomic E-state index is -0.680. The molecule has 6 N–H and O–H groups in total. The molecule has 0 spiro atoms. The van der Waals surface area contributed by atoms with E-state index in [-0.39, 0.29) is 61.6 Å². The number of aromatic amines is 1. The molecule has 7 heterocycles. The molecule has 376 valence electrons. The molecule has 24 nitrogen and oxygen atoms in total. The smallest absolute Gasteiger partial charge is 0.276 e. The van der Waals surface area contributed by atoms with Crippen LogP contribution in [0.3, 0.4) is 0 Å². The van der Waals surface area contributed by atoms with Crippen LogP contribution in [-0.4, -0.2) is 139 Å². The number of primary amides is 1. The molecule has 10 rings (SSSR count). The summed E-state index contributed by atoms with van der Waals surface area (Å²) in [6, 6.07) is 9.54. The molecule has 1 saturated heterocycles. The normalized spacial score (nSPS) is 19.2. The van der Waals surface area contributed by atoms with Crippen molar-refractivity contribution in [2.75, 3.05) is 50.2 Å². The number of aromatic nitrogens is 12. The maximum absolute atomic E-state index is 14.3. The molecule has 3 aliphatic rings. The van der Waals surface area contributed by atoms with Gasteiger partial charge in [-0.05, 0) is 89.8 Å². The highest BCUT2D eigenvalue weighted by atomic mass is 16.5. The highest BCUT2D eigenvalue weighted by Gasteiger charge is 2.30. The first-order valence-electron chi connectivity index (χ1n) is 24.3. The number of hydrogen-bond donors (Lipinski definition) is 5. The van der Waals surface area contributed by atoms with E-state index in [9.17, 15) is 19.2 Å². The first-order valence-corrected chi connectivity index (χ1v) is 24.3. The molecule has 1 aliphatic carbocycles. The predicted octanol–water partition coefficient (Wildman–Crippen LogP) is 3.74. The Bertz CT molecular complexity index is 3190. The van der Waals surface area contributed by atoms with Gasteiger partial charge >= 0.3 is 0 Å². The number of carbonyl (C=O) groups excluding carboxylic acids is 4. The summed E-state index contributed by atoms with van der Waals surface area (Å²) in [5, 5.41) is 32.8. The Morgan fingerprint density at radius 3 is 1.78 bits per heavy atom. The molecular weight excluding hydrogens is 927 g/mol. The topological polar surface area (TPSA) is 287 Å². The number of aryl methyl sites for hydroxylation is 4. The van der Waals surface area contributed by atoms with E-state index in [1.807, 2.05) is 44.4 Å². The zero-order chi connectivity index (χ0) is 50.0. The molecule has 72 heavy (non-hydrogen) atoms. The van der Waals surface area contributed by atoms with Crippen molar-refractivity contribution in [2.45, 2.75) is 97.6 Å². The second kappa shape index (κ2) is 20.4. The van der Waals surface area contributed by atoms with Crippen molar-refractivity contribution < 1.29 is 33.4 Å². The third-order valence-electron chi connectivity index (χ3n) is 13.4. The first kappa shape index (κ1) is 47.7. The Morgan fingerprint density at radius 1 is 0.722 bits per heavy atom. The summed E-state index contributed by atoms with van der Waals surface area (Å²) in [5.74, 6) is 0.105. The number of benzene rings is 2. The van der Waals surface area contributed by atoms with Gasteiger partial charge in [0.05, 0.1) is 41.7 Å². The third-order valence-corrected chi connectivity index (χ3v) is 13.4. The maximum atomic E-state index is 14.3. The van der Waals surface area contributed by atoms with Crippen LogP contribution in [0.2, 0.25) is 0 Å². The van der Waals surface area contributed by atoms with E-state index in [0.29, 0.717) is 107 Å². The van der Waals surface area contributed by atoms with Gasteiger partial charge in [-0.25, -0.2) is 9.97 Å². The Labute approximate surface area is 412 Å². The number of anilines is 2. The molecule has 0 bridgehead atoms. The lowest BCUT2D eigenvalue weighted by Gasteiger charge is -2.34. The number of nitrogens with one attached hydrogen (secondary N) is 4. The molecule has 7 aromatic rings. The number of carbonyl (C=O) groups is 4. The van der Waals surface area contributed by atoms with Crippen molar-refractivity contribution in [3.05, 3.63) is 88.3 Å². The molecule has 2 aromatic carbocycles. The number of rotatable bonds is 11. The minimum absolute atomic E-state index is 0.0793. The summed E-state index contributed by atoms with van der Waals surface area (Å²) in [7, 11) is 0. The van der Waals surface area contributed by atoms with Crippen LogP contribution in [0.4, 0.5) is 11.9 Å². The summed E-state index contributed by atoms with van der Waals surface area (Å²) >= 11 is 0. The summed E-state index contributed by atoms with van der Waals surface area (Å²) in [6.07, 6.45) is 6.84. The summed E-state index contributed by atoms with van der Waals surface area (Å²) in [5.41, 5.74) is 10.3. The van der Waals surface area contributed by atoms with Crippen LogP contribution in [-0.2, 0) is 30.9 Å². The van der Waals surface area contributed by atoms with Crippen LogP contribution in [0.5, 0.6) is 11.5 Å². The van der Waals surface area contributed by atoms with Gasteiger partial charge in [-0.1, -0.05) is 17.4 Å². The summed E-state index contributed by atoms with van der Waals surface area (Å²) in [6.45, 7) is 11.0. The zero-order valence-corrected chi connectivity index (χ0v) is 40.6. The number of allylic oxidation sites excluding steroid dienone is 2. The average Bonchev–Trinajstić information content (AvgIpc) is 4.24. The second-order valence-electron chi connectivity index (χ2n) is 18.2. The Hall–Kier alpha value is -7.99. The quantitative estimate of drug-likeness (QED) is 0.115. The monoisotopic (exact) mass is 983 g/mol. The number of ether oxygens (including phenoxy) is 3. The number of nitrogens with zero attached hydrogens (tertiary/aromatic N) is 12. The number of imidazole rings is 2. The molecule has 5 aromatic heterocycles. The lowest BCUT2D eigenvalue weighted by atomic mass is 9.85. The van der Waals surface area contributed by atoms with E-state index in [2.05, 4.69) is 51.7 Å². The lowest BCUT2D eigenvalue weighted by Crippen LogP contribution is -2.49. The van der Waals surface area contributed by atoms with Gasteiger partial charge in [-0.2, -0.15) is 15.4 Å².